The van der Waals surface area contributed by atoms with Gasteiger partial charge in [-0.15, -0.1) is 0 Å². The van der Waals surface area contributed by atoms with Crippen molar-refractivity contribution in [2.45, 2.75) is 13.1 Å². The third-order valence-corrected chi connectivity index (χ3v) is 4.34. The molecule has 0 aliphatic carbocycles. The summed E-state index contributed by atoms with van der Waals surface area (Å²) < 4.78 is 3.86. The van der Waals surface area contributed by atoms with Crippen LogP contribution in [0.1, 0.15) is 21.5 Å². The van der Waals surface area contributed by atoms with Crippen LogP contribution in [-0.2, 0) is 13.1 Å². The van der Waals surface area contributed by atoms with Gasteiger partial charge < -0.3 is 9.88 Å². The maximum Gasteiger partial charge on any atom is 0.251 e. The Morgan fingerprint density at radius 3 is 2.56 bits per heavy atom. The summed E-state index contributed by atoms with van der Waals surface area (Å²) in [5.74, 6) is -0.0974. The number of hydrogen-bond acceptors (Lipinski definition) is 2. The van der Waals surface area contributed by atoms with Crippen molar-refractivity contribution in [3.63, 3.8) is 0 Å². The van der Waals surface area contributed by atoms with Gasteiger partial charge in [0.2, 0.25) is 0 Å². The SMILES string of the molecule is O=C(NCc1cnn(Cc2ccccc2)c1)c1cccc(-n2cccc2)c1. The van der Waals surface area contributed by atoms with E-state index in [1.54, 1.807) is 6.20 Å². The second-order valence-corrected chi connectivity index (χ2v) is 6.36. The van der Waals surface area contributed by atoms with E-state index in [-0.39, 0.29) is 5.91 Å². The van der Waals surface area contributed by atoms with Gasteiger partial charge in [-0.2, -0.15) is 5.10 Å². The van der Waals surface area contributed by atoms with Gasteiger partial charge in [-0.3, -0.25) is 9.48 Å². The van der Waals surface area contributed by atoms with Crippen LogP contribution in [0.4, 0.5) is 0 Å². The van der Waals surface area contributed by atoms with Crippen LogP contribution in [0.15, 0.2) is 91.5 Å². The monoisotopic (exact) mass is 356 g/mol. The second-order valence-electron chi connectivity index (χ2n) is 6.36. The van der Waals surface area contributed by atoms with Gasteiger partial charge in [-0.05, 0) is 35.9 Å². The molecule has 0 saturated carbocycles. The molecule has 2 heterocycles. The number of carbonyl (C=O) groups excluding carboxylic acids is 1. The Morgan fingerprint density at radius 2 is 1.74 bits per heavy atom. The van der Waals surface area contributed by atoms with Crippen LogP contribution in [0, 0.1) is 0 Å². The lowest BCUT2D eigenvalue weighted by atomic mass is 10.2. The zero-order chi connectivity index (χ0) is 18.5. The Labute approximate surface area is 157 Å². The number of benzene rings is 2. The molecule has 0 saturated heterocycles. The van der Waals surface area contributed by atoms with Gasteiger partial charge >= 0.3 is 0 Å². The van der Waals surface area contributed by atoms with Gasteiger partial charge in [0.15, 0.2) is 0 Å². The lowest BCUT2D eigenvalue weighted by molar-refractivity contribution is 0.0951. The molecule has 1 amide bonds. The van der Waals surface area contributed by atoms with Crippen LogP contribution in [0.25, 0.3) is 5.69 Å². The molecule has 0 bridgehead atoms. The molecule has 4 rings (SSSR count). The maximum atomic E-state index is 12.5. The summed E-state index contributed by atoms with van der Waals surface area (Å²) in [6.45, 7) is 1.16. The largest absolute Gasteiger partial charge is 0.348 e. The molecule has 2 aromatic carbocycles. The Balaban J connectivity index is 1.38. The number of nitrogens with one attached hydrogen (secondary N) is 1. The average molecular weight is 356 g/mol. The van der Waals surface area contributed by atoms with Crippen LogP contribution in [-0.4, -0.2) is 20.3 Å². The summed E-state index contributed by atoms with van der Waals surface area (Å²) in [6, 6.07) is 21.7. The molecule has 1 N–H and O–H groups in total. The molecule has 0 fully saturated rings. The summed E-state index contributed by atoms with van der Waals surface area (Å²) in [5, 5.41) is 7.34. The number of hydrogen-bond donors (Lipinski definition) is 1. The minimum atomic E-state index is -0.0974. The van der Waals surface area contributed by atoms with Crippen molar-refractivity contribution in [2.75, 3.05) is 0 Å². The predicted molar refractivity (Wildman–Crippen MR) is 105 cm³/mol. The van der Waals surface area contributed by atoms with E-state index in [0.29, 0.717) is 18.7 Å². The van der Waals surface area contributed by atoms with Crippen LogP contribution >= 0.6 is 0 Å². The fourth-order valence-corrected chi connectivity index (χ4v) is 2.95. The summed E-state index contributed by atoms with van der Waals surface area (Å²) in [6.07, 6.45) is 7.67. The highest BCUT2D eigenvalue weighted by Crippen LogP contribution is 2.11. The summed E-state index contributed by atoms with van der Waals surface area (Å²) >= 11 is 0. The lowest BCUT2D eigenvalue weighted by Crippen LogP contribution is -2.22. The summed E-state index contributed by atoms with van der Waals surface area (Å²) in [4.78, 5) is 12.5. The quantitative estimate of drug-likeness (QED) is 0.573. The van der Waals surface area contributed by atoms with E-state index in [9.17, 15) is 4.79 Å². The van der Waals surface area contributed by atoms with Crippen molar-refractivity contribution in [1.82, 2.24) is 19.7 Å². The highest BCUT2D eigenvalue weighted by molar-refractivity contribution is 5.94. The Hall–Kier alpha value is -3.60. The molecule has 0 spiro atoms. The van der Waals surface area contributed by atoms with Crippen molar-refractivity contribution in [1.29, 1.82) is 0 Å². The number of amides is 1. The summed E-state index contributed by atoms with van der Waals surface area (Å²) in [7, 11) is 0. The Bertz CT molecular complexity index is 1020. The minimum absolute atomic E-state index is 0.0974. The molecule has 134 valence electrons. The van der Waals surface area contributed by atoms with Gasteiger partial charge in [0.1, 0.15) is 0 Å². The van der Waals surface area contributed by atoms with Crippen molar-refractivity contribution < 1.29 is 4.79 Å². The molecule has 0 unspecified atom stereocenters. The fraction of sp³-hybridized carbons (Fsp3) is 0.0909. The first-order valence-corrected chi connectivity index (χ1v) is 8.85. The van der Waals surface area contributed by atoms with E-state index in [1.165, 1.54) is 5.56 Å². The third-order valence-electron chi connectivity index (χ3n) is 4.34. The first-order chi connectivity index (χ1) is 13.3. The maximum absolute atomic E-state index is 12.5. The first kappa shape index (κ1) is 16.8. The zero-order valence-electron chi connectivity index (χ0n) is 14.8. The number of aromatic nitrogens is 3. The van der Waals surface area contributed by atoms with Gasteiger partial charge in [0.25, 0.3) is 5.91 Å². The summed E-state index contributed by atoms with van der Waals surface area (Å²) in [5.41, 5.74) is 3.76. The van der Waals surface area contributed by atoms with E-state index in [1.807, 2.05) is 82.4 Å². The van der Waals surface area contributed by atoms with E-state index >= 15 is 0 Å². The van der Waals surface area contributed by atoms with E-state index in [4.69, 9.17) is 0 Å². The number of nitrogens with zero attached hydrogens (tertiary/aromatic N) is 3. The van der Waals surface area contributed by atoms with Crippen molar-refractivity contribution in [2.24, 2.45) is 0 Å². The number of carbonyl (C=O) groups is 1. The second kappa shape index (κ2) is 7.74. The minimum Gasteiger partial charge on any atom is -0.348 e. The number of rotatable bonds is 6. The van der Waals surface area contributed by atoms with Gasteiger partial charge in [0.05, 0.1) is 12.7 Å². The Morgan fingerprint density at radius 1 is 0.926 bits per heavy atom. The fourth-order valence-electron chi connectivity index (χ4n) is 2.95. The van der Waals surface area contributed by atoms with Crippen LogP contribution in [0.3, 0.4) is 0 Å². The van der Waals surface area contributed by atoms with Gasteiger partial charge in [-0.1, -0.05) is 36.4 Å². The average Bonchev–Trinajstić information content (AvgIpc) is 3.39. The smallest absolute Gasteiger partial charge is 0.251 e. The highest BCUT2D eigenvalue weighted by Gasteiger charge is 2.08. The van der Waals surface area contributed by atoms with Crippen molar-refractivity contribution >= 4 is 5.91 Å². The first-order valence-electron chi connectivity index (χ1n) is 8.85. The molecule has 0 atom stereocenters. The standard InChI is InChI=1S/C22H20N4O/c27-22(20-9-6-10-21(13-20)25-11-4-5-12-25)23-14-19-15-24-26(17-19)16-18-7-2-1-3-8-18/h1-13,15,17H,14,16H2,(H,23,27). The van der Waals surface area contributed by atoms with Gasteiger partial charge in [0, 0.05) is 41.9 Å². The Kier molecular flexibility index (Phi) is 4.83. The molecule has 2 aromatic heterocycles. The molecular formula is C22H20N4O. The predicted octanol–water partition coefficient (Wildman–Crippen LogP) is 3.65. The molecule has 0 aliphatic heterocycles. The molecule has 5 heteroatoms. The lowest BCUT2D eigenvalue weighted by Gasteiger charge is -2.07. The van der Waals surface area contributed by atoms with E-state index in [0.717, 1.165) is 11.3 Å². The molecule has 0 radical (unpaired) electrons. The van der Waals surface area contributed by atoms with Crippen LogP contribution in [0.2, 0.25) is 0 Å². The molecular weight excluding hydrogens is 336 g/mol. The highest BCUT2D eigenvalue weighted by atomic mass is 16.1. The topological polar surface area (TPSA) is 51.9 Å². The van der Waals surface area contributed by atoms with E-state index in [2.05, 4.69) is 22.5 Å². The molecule has 27 heavy (non-hydrogen) atoms. The normalized spacial score (nSPS) is 10.7. The van der Waals surface area contributed by atoms with E-state index < -0.39 is 0 Å². The van der Waals surface area contributed by atoms with Crippen LogP contribution < -0.4 is 5.32 Å². The van der Waals surface area contributed by atoms with Crippen molar-refractivity contribution in [3.8, 4) is 5.69 Å². The van der Waals surface area contributed by atoms with Crippen LogP contribution in [0.5, 0.6) is 0 Å². The molecule has 0 aliphatic rings. The molecule has 5 nitrogen and oxygen atoms in total. The zero-order valence-corrected chi connectivity index (χ0v) is 14.8. The third kappa shape index (κ3) is 4.15. The van der Waals surface area contributed by atoms with Crippen molar-refractivity contribution in [3.05, 3.63) is 108 Å². The van der Waals surface area contributed by atoms with Gasteiger partial charge in [-0.25, -0.2) is 0 Å². The molecule has 4 aromatic rings.